The van der Waals surface area contributed by atoms with Crippen LogP contribution in [0.15, 0.2) is 41.3 Å². The van der Waals surface area contributed by atoms with E-state index in [1.54, 1.807) is 24.1 Å². The first-order chi connectivity index (χ1) is 23.9. The fraction of sp³-hybridized carbons (Fsp3) is 0.394. The minimum absolute atomic E-state index is 0.0638. The third kappa shape index (κ3) is 6.81. The molecule has 12 nitrogen and oxygen atoms in total. The van der Waals surface area contributed by atoms with Gasteiger partial charge in [-0.15, -0.1) is 5.10 Å². The average Bonchev–Trinajstić information content (AvgIpc) is 3.56. The van der Waals surface area contributed by atoms with Gasteiger partial charge in [0.25, 0.3) is 11.5 Å². The molecule has 1 aromatic carbocycles. The van der Waals surface area contributed by atoms with Gasteiger partial charge < -0.3 is 24.4 Å². The second kappa shape index (κ2) is 14.2. The predicted octanol–water partition coefficient (Wildman–Crippen LogP) is 4.63. The first kappa shape index (κ1) is 35.0. The van der Waals surface area contributed by atoms with Crippen molar-refractivity contribution in [3.05, 3.63) is 86.1 Å². The van der Waals surface area contributed by atoms with Crippen molar-refractivity contribution >= 4 is 46.1 Å². The topological polar surface area (TPSA) is 127 Å². The molecule has 0 aliphatic carbocycles. The molecule has 0 saturated carbocycles. The van der Waals surface area contributed by atoms with Crippen LogP contribution in [-0.2, 0) is 35.1 Å². The summed E-state index contributed by atoms with van der Waals surface area (Å²) in [5.41, 5.74) is 0.307. The molecule has 1 N–H and O–H groups in total. The van der Waals surface area contributed by atoms with E-state index in [9.17, 15) is 31.9 Å². The van der Waals surface area contributed by atoms with E-state index >= 15 is 0 Å². The summed E-state index contributed by atoms with van der Waals surface area (Å²) < 4.78 is 62.0. The Hall–Kier alpha value is -4.83. The minimum atomic E-state index is -4.98. The highest BCUT2D eigenvalue weighted by atomic mass is 35.5. The number of anilines is 2. The van der Waals surface area contributed by atoms with Gasteiger partial charge in [-0.1, -0.05) is 37.6 Å². The lowest BCUT2D eigenvalue weighted by molar-refractivity contribution is -0.140. The highest BCUT2D eigenvalue weighted by Crippen LogP contribution is 2.36. The normalized spacial score (nSPS) is 15.4. The number of alkyl halides is 3. The number of hydrogen-bond acceptors (Lipinski definition) is 8. The maximum atomic E-state index is 14.4. The van der Waals surface area contributed by atoms with Crippen LogP contribution in [0.1, 0.15) is 53.4 Å². The van der Waals surface area contributed by atoms with E-state index in [0.29, 0.717) is 75.8 Å². The van der Waals surface area contributed by atoms with Crippen LogP contribution >= 0.6 is 11.6 Å². The largest absolute Gasteiger partial charge is 0.419 e. The van der Waals surface area contributed by atoms with E-state index in [-0.39, 0.29) is 35.3 Å². The van der Waals surface area contributed by atoms with E-state index in [1.165, 1.54) is 4.57 Å². The monoisotopic (exact) mass is 716 g/mol. The lowest BCUT2D eigenvalue weighted by Crippen LogP contribution is -2.51. The molecule has 2 amide bonds. The number of nitrogens with zero attached hydrogens (tertiary/aromatic N) is 7. The predicted molar refractivity (Wildman–Crippen MR) is 177 cm³/mol. The van der Waals surface area contributed by atoms with Gasteiger partial charge in [-0.05, 0) is 48.6 Å². The summed E-state index contributed by atoms with van der Waals surface area (Å²) in [6.07, 6.45) is -0.172. The number of amides is 2. The summed E-state index contributed by atoms with van der Waals surface area (Å²) in [6.45, 7) is 5.26. The highest BCUT2D eigenvalue weighted by Gasteiger charge is 2.35. The Labute approximate surface area is 288 Å². The van der Waals surface area contributed by atoms with Crippen LogP contribution in [0.4, 0.5) is 28.9 Å². The first-order valence-corrected chi connectivity index (χ1v) is 16.4. The van der Waals surface area contributed by atoms with Gasteiger partial charge in [-0.2, -0.15) is 22.7 Å². The summed E-state index contributed by atoms with van der Waals surface area (Å²) >= 11 is 6.02. The fourth-order valence-electron chi connectivity index (χ4n) is 6.19. The average molecular weight is 717 g/mol. The number of hydrogen-bond donors (Lipinski definition) is 1. The number of carbonyl (C=O) groups excluding carboxylic acids is 2. The van der Waals surface area contributed by atoms with Gasteiger partial charge in [0.2, 0.25) is 11.7 Å². The summed E-state index contributed by atoms with van der Waals surface area (Å²) in [6, 6.07) is 4.57. The Morgan fingerprint density at radius 3 is 2.52 bits per heavy atom. The second-order valence-electron chi connectivity index (χ2n) is 11.7. The third-order valence-electron chi connectivity index (χ3n) is 8.71. The molecule has 3 aromatic heterocycles. The van der Waals surface area contributed by atoms with Crippen LogP contribution in [0.5, 0.6) is 0 Å². The van der Waals surface area contributed by atoms with Crippen molar-refractivity contribution in [2.45, 2.75) is 45.8 Å². The number of pyridine rings is 1. The number of fused-ring (bicyclic) bond motifs is 1. The number of ether oxygens (including phenoxy) is 1. The maximum absolute atomic E-state index is 14.4. The molecule has 0 bridgehead atoms. The number of carbonyl (C=O) groups is 2. The quantitative estimate of drug-likeness (QED) is 0.262. The van der Waals surface area contributed by atoms with E-state index in [0.717, 1.165) is 15.7 Å². The van der Waals surface area contributed by atoms with Gasteiger partial charge in [0.05, 0.1) is 35.2 Å². The Kier molecular flexibility index (Phi) is 9.94. The maximum Gasteiger partial charge on any atom is 0.419 e. The molecule has 1 fully saturated rings. The molecule has 2 aliphatic heterocycles. The van der Waals surface area contributed by atoms with Crippen LogP contribution in [0.3, 0.4) is 0 Å². The van der Waals surface area contributed by atoms with E-state index in [2.05, 4.69) is 20.4 Å². The second-order valence-corrected chi connectivity index (χ2v) is 12.2. The smallest absolute Gasteiger partial charge is 0.377 e. The van der Waals surface area contributed by atoms with Gasteiger partial charge in [-0.25, -0.2) is 4.39 Å². The zero-order valence-electron chi connectivity index (χ0n) is 27.2. The lowest BCUT2D eigenvalue weighted by atomic mass is 10.1. The fourth-order valence-corrected chi connectivity index (χ4v) is 6.40. The van der Waals surface area contributed by atoms with E-state index in [1.807, 2.05) is 24.0 Å². The van der Waals surface area contributed by atoms with E-state index < -0.39 is 40.6 Å². The number of benzene rings is 1. The molecule has 4 aromatic rings. The molecule has 5 heterocycles. The molecule has 17 heteroatoms. The van der Waals surface area contributed by atoms with Gasteiger partial charge in [-0.3, -0.25) is 19.4 Å². The molecule has 0 atom stereocenters. The van der Waals surface area contributed by atoms with Crippen LogP contribution in [-0.4, -0.2) is 80.3 Å². The standard InChI is InChI=1S/C33H33ClF4N8O4/c1-3-19-6-5-9-39-27(19)30(48)44-12-10-43(11-13-44)28-25(4-2)45(32-41-29(42-46(32)31(28)49)20-7-14-50-15-8-20)18-26(47)40-24-17-23(35)21(16-22(24)34)33(36,37)38/h5-7,9,16-17H,3-4,8,10-15,18H2,1-2H3,(H,40,47). The molecule has 50 heavy (non-hydrogen) atoms. The van der Waals surface area contributed by atoms with Crippen molar-refractivity contribution < 1.29 is 31.9 Å². The summed E-state index contributed by atoms with van der Waals surface area (Å²) in [5, 5.41) is 6.41. The molecular formula is C33H33ClF4N8O4. The molecule has 0 spiro atoms. The lowest BCUT2D eigenvalue weighted by Gasteiger charge is -2.36. The van der Waals surface area contributed by atoms with Crippen molar-refractivity contribution in [3.8, 4) is 0 Å². The van der Waals surface area contributed by atoms with Crippen LogP contribution < -0.4 is 15.8 Å². The van der Waals surface area contributed by atoms with Crippen LogP contribution in [0.25, 0.3) is 11.4 Å². The number of rotatable bonds is 8. The molecule has 0 radical (unpaired) electrons. The first-order valence-electron chi connectivity index (χ1n) is 16.0. The Morgan fingerprint density at radius 1 is 1.10 bits per heavy atom. The number of piperazine rings is 1. The Bertz CT molecular complexity index is 2050. The van der Waals surface area contributed by atoms with Crippen molar-refractivity contribution in [3.63, 3.8) is 0 Å². The number of aryl methyl sites for hydroxylation is 1. The Morgan fingerprint density at radius 2 is 1.86 bits per heavy atom. The molecule has 1 saturated heterocycles. The van der Waals surface area contributed by atoms with Crippen molar-refractivity contribution in [2.24, 2.45) is 0 Å². The van der Waals surface area contributed by atoms with Crippen molar-refractivity contribution in [2.75, 3.05) is 49.6 Å². The molecular weight excluding hydrogens is 684 g/mol. The zero-order chi connectivity index (χ0) is 35.7. The number of aromatic nitrogens is 5. The number of halogens is 5. The Balaban J connectivity index is 1.35. The van der Waals surface area contributed by atoms with Gasteiger partial charge in [0.15, 0.2) is 5.82 Å². The highest BCUT2D eigenvalue weighted by molar-refractivity contribution is 6.33. The van der Waals surface area contributed by atoms with Crippen LogP contribution in [0, 0.1) is 5.82 Å². The minimum Gasteiger partial charge on any atom is -0.377 e. The molecule has 0 unspecified atom stereocenters. The summed E-state index contributed by atoms with van der Waals surface area (Å²) in [5.74, 6) is -2.22. The third-order valence-corrected chi connectivity index (χ3v) is 9.02. The SMILES string of the molecule is CCc1cccnc1C(=O)N1CCN(c2c(CC)n(CC(=O)Nc3cc(F)c(C(F)(F)F)cc3Cl)c3nc(C4=CCOCC4)nn3c2=O)CC1. The van der Waals surface area contributed by atoms with Crippen molar-refractivity contribution in [1.82, 2.24) is 29.0 Å². The van der Waals surface area contributed by atoms with Gasteiger partial charge >= 0.3 is 6.18 Å². The molecule has 264 valence electrons. The zero-order valence-corrected chi connectivity index (χ0v) is 27.9. The van der Waals surface area contributed by atoms with Gasteiger partial charge in [0, 0.05) is 32.4 Å². The summed E-state index contributed by atoms with van der Waals surface area (Å²) in [4.78, 5) is 53.5. The van der Waals surface area contributed by atoms with Gasteiger partial charge in [0.1, 0.15) is 23.7 Å². The summed E-state index contributed by atoms with van der Waals surface area (Å²) in [7, 11) is 0. The molecule has 6 rings (SSSR count). The number of nitrogens with one attached hydrogen (secondary N) is 1. The van der Waals surface area contributed by atoms with Crippen molar-refractivity contribution in [1.29, 1.82) is 0 Å². The molecule has 2 aliphatic rings. The van der Waals surface area contributed by atoms with Crippen LogP contribution in [0.2, 0.25) is 5.02 Å². The van der Waals surface area contributed by atoms with E-state index in [4.69, 9.17) is 16.3 Å².